The second kappa shape index (κ2) is 5.09. The zero-order valence-corrected chi connectivity index (χ0v) is 9.68. The van der Waals surface area contributed by atoms with Crippen molar-refractivity contribution >= 4 is 0 Å². The van der Waals surface area contributed by atoms with Crippen LogP contribution in [0.15, 0.2) is 24.3 Å². The van der Waals surface area contributed by atoms with Crippen molar-refractivity contribution < 1.29 is 31.1 Å². The fourth-order valence-electron chi connectivity index (χ4n) is 0.650. The first kappa shape index (κ1) is 9.27. The molecule has 0 saturated carbocycles. The summed E-state index contributed by atoms with van der Waals surface area (Å²) < 4.78 is 0. The van der Waals surface area contributed by atoms with Crippen LogP contribution >= 0.6 is 0 Å². The average Bonchev–Trinajstić information content (AvgIpc) is 1.90. The standard InChI is InChI=1S/C8H9.U/c1-2-8-6-4-3-5-7-8;/h3-6H,2H2,1H3;/q-1;. The van der Waals surface area contributed by atoms with Gasteiger partial charge in [0, 0.05) is 31.1 Å². The van der Waals surface area contributed by atoms with Gasteiger partial charge in [-0.3, -0.25) is 0 Å². The molecule has 1 aromatic rings. The molecule has 0 N–H and O–H groups in total. The van der Waals surface area contributed by atoms with Gasteiger partial charge in [0.1, 0.15) is 0 Å². The molecule has 0 nitrogen and oxygen atoms in total. The van der Waals surface area contributed by atoms with E-state index in [0.29, 0.717) is 0 Å². The Hall–Kier alpha value is 0.272. The molecule has 0 heterocycles. The number of rotatable bonds is 1. The molecule has 46 valence electrons. The van der Waals surface area contributed by atoms with E-state index in [1.807, 2.05) is 18.2 Å². The van der Waals surface area contributed by atoms with Crippen molar-refractivity contribution in [2.45, 2.75) is 13.3 Å². The van der Waals surface area contributed by atoms with Gasteiger partial charge in [-0.05, 0) is 0 Å². The van der Waals surface area contributed by atoms with Gasteiger partial charge in [0.2, 0.25) is 0 Å². The molecule has 0 aliphatic heterocycles. The molecule has 0 aliphatic rings. The largest absolute Gasteiger partial charge is 0.180 e. The van der Waals surface area contributed by atoms with E-state index >= 15 is 0 Å². The summed E-state index contributed by atoms with van der Waals surface area (Å²) in [6.07, 6.45) is 1.08. The molecule has 1 aromatic carbocycles. The molecule has 0 unspecified atom stereocenters. The van der Waals surface area contributed by atoms with Crippen molar-refractivity contribution in [3.05, 3.63) is 35.9 Å². The maximum absolute atomic E-state index is 3.12. The van der Waals surface area contributed by atoms with Gasteiger partial charge < -0.3 is 0 Å². The summed E-state index contributed by atoms with van der Waals surface area (Å²) >= 11 is 0. The Morgan fingerprint density at radius 1 is 1.44 bits per heavy atom. The smallest absolute Gasteiger partial charge is 0 e. The molecular weight excluding hydrogens is 334 g/mol. The number of hydrogen-bond donors (Lipinski definition) is 0. The first-order valence-electron chi connectivity index (χ1n) is 2.89. The molecule has 0 spiro atoms. The topological polar surface area (TPSA) is 0 Å². The Kier molecular flexibility index (Phi) is 5.24. The van der Waals surface area contributed by atoms with Crippen LogP contribution in [0.3, 0.4) is 0 Å². The predicted molar refractivity (Wildman–Crippen MR) is 34.7 cm³/mol. The van der Waals surface area contributed by atoms with Crippen molar-refractivity contribution in [2.75, 3.05) is 0 Å². The summed E-state index contributed by atoms with van der Waals surface area (Å²) in [6, 6.07) is 11.2. The second-order valence-electron chi connectivity index (χ2n) is 1.74. The van der Waals surface area contributed by atoms with Crippen molar-refractivity contribution in [1.82, 2.24) is 0 Å². The molecular formula is C8H9U-. The van der Waals surface area contributed by atoms with E-state index in [9.17, 15) is 0 Å². The molecule has 0 radical (unpaired) electrons. The quantitative estimate of drug-likeness (QED) is 0.685. The van der Waals surface area contributed by atoms with E-state index in [4.69, 9.17) is 0 Å². The van der Waals surface area contributed by atoms with Gasteiger partial charge in [-0.1, -0.05) is 13.3 Å². The van der Waals surface area contributed by atoms with Crippen LogP contribution in [-0.2, 0) is 6.42 Å². The minimum absolute atomic E-state index is 0. The van der Waals surface area contributed by atoms with Crippen LogP contribution in [-0.4, -0.2) is 0 Å². The molecule has 1 rings (SSSR count). The summed E-state index contributed by atoms with van der Waals surface area (Å²) in [5, 5.41) is 0. The van der Waals surface area contributed by atoms with Gasteiger partial charge in [-0.25, -0.2) is 0 Å². The molecule has 0 saturated heterocycles. The molecule has 0 bridgehead atoms. The molecule has 1 heteroatoms. The predicted octanol–water partition coefficient (Wildman–Crippen LogP) is 2.05. The van der Waals surface area contributed by atoms with Crippen LogP contribution in [0, 0.1) is 37.2 Å². The van der Waals surface area contributed by atoms with Crippen LogP contribution in [0.4, 0.5) is 0 Å². The molecule has 0 fully saturated rings. The number of hydrogen-bond acceptors (Lipinski definition) is 0. The van der Waals surface area contributed by atoms with E-state index in [-0.39, 0.29) is 31.1 Å². The zero-order valence-electron chi connectivity index (χ0n) is 5.52. The fourth-order valence-corrected chi connectivity index (χ4v) is 0.650. The Bertz CT molecular complexity index is 146. The minimum Gasteiger partial charge on any atom is -0.180 e. The Balaban J connectivity index is 0.000000640. The normalized spacial score (nSPS) is 8.11. The monoisotopic (exact) mass is 343 g/mol. The van der Waals surface area contributed by atoms with Crippen LogP contribution in [0.1, 0.15) is 12.5 Å². The van der Waals surface area contributed by atoms with E-state index in [1.54, 1.807) is 0 Å². The molecule has 0 amide bonds. The average molecular weight is 343 g/mol. The molecule has 0 atom stereocenters. The Labute approximate surface area is 80.0 Å². The second-order valence-corrected chi connectivity index (χ2v) is 1.74. The minimum atomic E-state index is 0. The summed E-state index contributed by atoms with van der Waals surface area (Å²) in [7, 11) is 0. The molecule has 0 aromatic heterocycles. The third-order valence-corrected chi connectivity index (χ3v) is 1.15. The van der Waals surface area contributed by atoms with Gasteiger partial charge in [-0.15, -0.1) is 0 Å². The molecule has 0 aliphatic carbocycles. The van der Waals surface area contributed by atoms with Gasteiger partial charge in [-0.2, -0.15) is 35.9 Å². The van der Waals surface area contributed by atoms with Gasteiger partial charge in [0.15, 0.2) is 0 Å². The van der Waals surface area contributed by atoms with Crippen LogP contribution in [0.5, 0.6) is 0 Å². The van der Waals surface area contributed by atoms with Crippen LogP contribution in [0.25, 0.3) is 0 Å². The zero-order chi connectivity index (χ0) is 5.82. The van der Waals surface area contributed by atoms with Crippen molar-refractivity contribution in [3.8, 4) is 0 Å². The summed E-state index contributed by atoms with van der Waals surface area (Å²) in [5.41, 5.74) is 1.28. The van der Waals surface area contributed by atoms with Crippen molar-refractivity contribution in [2.24, 2.45) is 0 Å². The van der Waals surface area contributed by atoms with Crippen LogP contribution in [0.2, 0.25) is 0 Å². The van der Waals surface area contributed by atoms with Crippen molar-refractivity contribution in [3.63, 3.8) is 0 Å². The number of benzene rings is 1. The van der Waals surface area contributed by atoms with Gasteiger partial charge in [0.05, 0.1) is 0 Å². The summed E-state index contributed by atoms with van der Waals surface area (Å²) in [6.45, 7) is 2.13. The fraction of sp³-hybridized carbons (Fsp3) is 0.250. The summed E-state index contributed by atoms with van der Waals surface area (Å²) in [5.74, 6) is 0. The maximum atomic E-state index is 3.12. The third-order valence-electron chi connectivity index (χ3n) is 1.15. The van der Waals surface area contributed by atoms with Gasteiger partial charge >= 0.3 is 0 Å². The van der Waals surface area contributed by atoms with E-state index in [0.717, 1.165) is 6.42 Å². The Morgan fingerprint density at radius 2 is 2.22 bits per heavy atom. The maximum Gasteiger partial charge on any atom is 0 e. The van der Waals surface area contributed by atoms with E-state index in [1.165, 1.54) is 5.56 Å². The van der Waals surface area contributed by atoms with E-state index in [2.05, 4.69) is 19.1 Å². The van der Waals surface area contributed by atoms with Gasteiger partial charge in [0.25, 0.3) is 0 Å². The SMILES string of the molecule is CCc1[c-]cccc1.[U]. The first-order chi connectivity index (χ1) is 3.93. The number of aryl methyl sites for hydroxylation is 1. The van der Waals surface area contributed by atoms with E-state index < -0.39 is 0 Å². The third kappa shape index (κ3) is 3.08. The van der Waals surface area contributed by atoms with Crippen LogP contribution < -0.4 is 0 Å². The summed E-state index contributed by atoms with van der Waals surface area (Å²) in [4.78, 5) is 0. The first-order valence-corrected chi connectivity index (χ1v) is 2.89. The van der Waals surface area contributed by atoms with Crippen molar-refractivity contribution in [1.29, 1.82) is 0 Å². The molecule has 9 heavy (non-hydrogen) atoms. The Morgan fingerprint density at radius 3 is 2.56 bits per heavy atom.